The molecular formula is C29H40N2O3. The van der Waals surface area contributed by atoms with Gasteiger partial charge in [0.2, 0.25) is 5.91 Å². The predicted octanol–water partition coefficient (Wildman–Crippen LogP) is 4.82. The van der Waals surface area contributed by atoms with E-state index < -0.39 is 0 Å². The molecule has 3 atom stereocenters. The number of carbonyl (C=O) groups excluding carboxylic acids is 1. The molecule has 0 spiro atoms. The average Bonchev–Trinajstić information content (AvgIpc) is 2.84. The monoisotopic (exact) mass is 464 g/mol. The van der Waals surface area contributed by atoms with Crippen LogP contribution in [0.4, 0.5) is 0 Å². The molecule has 1 saturated carbocycles. The fourth-order valence-electron chi connectivity index (χ4n) is 6.36. The largest absolute Gasteiger partial charge is 0.508 e. The molecule has 0 aromatic heterocycles. The number of aryl methyl sites for hydroxylation is 1. The molecule has 2 fully saturated rings. The molecule has 0 bridgehead atoms. The van der Waals surface area contributed by atoms with E-state index >= 15 is 0 Å². The van der Waals surface area contributed by atoms with E-state index in [4.69, 9.17) is 4.74 Å². The summed E-state index contributed by atoms with van der Waals surface area (Å²) < 4.78 is 6.30. The zero-order valence-electron chi connectivity index (χ0n) is 20.8. The minimum Gasteiger partial charge on any atom is -0.508 e. The maximum Gasteiger partial charge on any atom is 0.220 e. The maximum atomic E-state index is 12.8. The van der Waals surface area contributed by atoms with Crippen molar-refractivity contribution < 1.29 is 14.6 Å². The molecule has 5 nitrogen and oxygen atoms in total. The number of hydrogen-bond acceptors (Lipinski definition) is 4. The van der Waals surface area contributed by atoms with Gasteiger partial charge in [0.05, 0.1) is 5.60 Å². The molecule has 2 aliphatic rings. The first kappa shape index (κ1) is 24.7. The number of rotatable bonds is 9. The molecule has 0 radical (unpaired) electrons. The first-order chi connectivity index (χ1) is 16.5. The third kappa shape index (κ3) is 5.31. The molecule has 1 heterocycles. The Bertz CT molecular complexity index is 949. The molecular weight excluding hydrogens is 424 g/mol. The van der Waals surface area contributed by atoms with Crippen molar-refractivity contribution in [2.24, 2.45) is 0 Å². The van der Waals surface area contributed by atoms with Crippen LogP contribution < -0.4 is 5.32 Å². The fraction of sp³-hybridized carbons (Fsp3) is 0.552. The molecule has 4 rings (SSSR count). The van der Waals surface area contributed by atoms with Crippen LogP contribution in [0.1, 0.15) is 62.5 Å². The standard InChI is InChI=1S/C29H40N2O3/c1-31-19-18-28(24-13-9-14-26(32)20-24)21-25(16-17-29(28,22-31)34-2)30-27(33)15-8-4-7-12-23-10-5-3-6-11-23/h3,5-6,9-11,13-14,20,25,32H,4,7-8,12,15-19,21-22H2,1-2H3,(H,30,33)/t25-,28+,29+/m1/s1. The lowest BCUT2D eigenvalue weighted by atomic mass is 9.55. The van der Waals surface area contributed by atoms with Gasteiger partial charge >= 0.3 is 0 Å². The summed E-state index contributed by atoms with van der Waals surface area (Å²) in [6.45, 7) is 1.84. The number of phenolic OH excluding ortho intramolecular Hbond substituents is 1. The topological polar surface area (TPSA) is 61.8 Å². The minimum absolute atomic E-state index is 0.130. The number of benzene rings is 2. The van der Waals surface area contributed by atoms with Gasteiger partial charge in [0, 0.05) is 31.5 Å². The number of piperidine rings is 1. The van der Waals surface area contributed by atoms with Crippen LogP contribution in [0.15, 0.2) is 54.6 Å². The SMILES string of the molecule is CO[C@]12CC[C@@H](NC(=O)CCCCCc3ccccc3)C[C@]1(c1cccc(O)c1)CCN(C)C2. The smallest absolute Gasteiger partial charge is 0.220 e. The Morgan fingerprint density at radius 1 is 1.12 bits per heavy atom. The molecule has 0 unspecified atom stereocenters. The number of methoxy groups -OCH3 is 1. The summed E-state index contributed by atoms with van der Waals surface area (Å²) in [6.07, 6.45) is 8.38. The van der Waals surface area contributed by atoms with E-state index in [0.717, 1.165) is 70.0 Å². The molecule has 2 aromatic carbocycles. The van der Waals surface area contributed by atoms with Crippen LogP contribution >= 0.6 is 0 Å². The van der Waals surface area contributed by atoms with E-state index in [1.54, 1.807) is 6.07 Å². The van der Waals surface area contributed by atoms with Crippen molar-refractivity contribution in [2.45, 2.75) is 74.8 Å². The van der Waals surface area contributed by atoms with E-state index in [1.165, 1.54) is 5.56 Å². The molecule has 2 N–H and O–H groups in total. The number of likely N-dealkylation sites (tertiary alicyclic amines) is 1. The van der Waals surface area contributed by atoms with Gasteiger partial charge in [0.1, 0.15) is 5.75 Å². The van der Waals surface area contributed by atoms with Crippen molar-refractivity contribution in [1.29, 1.82) is 0 Å². The highest BCUT2D eigenvalue weighted by Crippen LogP contribution is 2.53. The number of likely N-dealkylation sites (N-methyl/N-ethyl adjacent to an activating group) is 1. The fourth-order valence-corrected chi connectivity index (χ4v) is 6.36. The van der Waals surface area contributed by atoms with Crippen molar-refractivity contribution in [3.8, 4) is 5.75 Å². The van der Waals surface area contributed by atoms with Crippen LogP contribution in [0.3, 0.4) is 0 Å². The van der Waals surface area contributed by atoms with Gasteiger partial charge in [-0.25, -0.2) is 0 Å². The quantitative estimate of drug-likeness (QED) is 0.522. The zero-order chi connectivity index (χ0) is 24.0. The Morgan fingerprint density at radius 3 is 2.71 bits per heavy atom. The second-order valence-electron chi connectivity index (χ2n) is 10.4. The number of nitrogens with one attached hydrogen (secondary N) is 1. The van der Waals surface area contributed by atoms with Crippen molar-refractivity contribution in [1.82, 2.24) is 10.2 Å². The molecule has 1 saturated heterocycles. The molecule has 1 aliphatic heterocycles. The second-order valence-corrected chi connectivity index (χ2v) is 10.4. The molecule has 34 heavy (non-hydrogen) atoms. The molecule has 1 amide bonds. The summed E-state index contributed by atoms with van der Waals surface area (Å²) in [4.78, 5) is 15.2. The van der Waals surface area contributed by atoms with Crippen molar-refractivity contribution in [3.63, 3.8) is 0 Å². The number of amides is 1. The van der Waals surface area contributed by atoms with Crippen LogP contribution in [-0.4, -0.2) is 54.8 Å². The Labute approximate surface area is 204 Å². The third-order valence-electron chi connectivity index (χ3n) is 8.18. The van der Waals surface area contributed by atoms with Gasteiger partial charge in [-0.3, -0.25) is 4.79 Å². The van der Waals surface area contributed by atoms with Crippen LogP contribution in [0.5, 0.6) is 5.75 Å². The van der Waals surface area contributed by atoms with E-state index in [0.29, 0.717) is 6.42 Å². The van der Waals surface area contributed by atoms with E-state index in [9.17, 15) is 9.90 Å². The van der Waals surface area contributed by atoms with Gasteiger partial charge in [-0.1, -0.05) is 48.9 Å². The average molecular weight is 465 g/mol. The number of hydrogen-bond donors (Lipinski definition) is 2. The third-order valence-corrected chi connectivity index (χ3v) is 8.18. The van der Waals surface area contributed by atoms with Crippen LogP contribution in [0.25, 0.3) is 0 Å². The lowest BCUT2D eigenvalue weighted by molar-refractivity contribution is -0.147. The lowest BCUT2D eigenvalue weighted by Crippen LogP contribution is -2.67. The molecule has 1 aliphatic carbocycles. The van der Waals surface area contributed by atoms with Crippen LogP contribution in [0.2, 0.25) is 0 Å². The Morgan fingerprint density at radius 2 is 1.94 bits per heavy atom. The first-order valence-corrected chi connectivity index (χ1v) is 12.8. The highest BCUT2D eigenvalue weighted by molar-refractivity contribution is 5.76. The van der Waals surface area contributed by atoms with Crippen molar-refractivity contribution >= 4 is 5.91 Å². The van der Waals surface area contributed by atoms with Gasteiger partial charge in [-0.15, -0.1) is 0 Å². The number of nitrogens with zero attached hydrogens (tertiary/aromatic N) is 1. The lowest BCUT2D eigenvalue weighted by Gasteiger charge is -2.59. The number of fused-ring (bicyclic) bond motifs is 1. The Hall–Kier alpha value is -2.37. The number of phenols is 1. The predicted molar refractivity (Wildman–Crippen MR) is 136 cm³/mol. The molecule has 184 valence electrons. The van der Waals surface area contributed by atoms with E-state index in [1.807, 2.05) is 25.3 Å². The van der Waals surface area contributed by atoms with Gasteiger partial charge in [-0.2, -0.15) is 0 Å². The first-order valence-electron chi connectivity index (χ1n) is 12.8. The van der Waals surface area contributed by atoms with Gasteiger partial charge in [0.15, 0.2) is 0 Å². The number of unbranched alkanes of at least 4 members (excludes halogenated alkanes) is 2. The molecule has 5 heteroatoms. The van der Waals surface area contributed by atoms with Crippen molar-refractivity contribution in [2.75, 3.05) is 27.2 Å². The highest BCUT2D eigenvalue weighted by Gasteiger charge is 2.58. The summed E-state index contributed by atoms with van der Waals surface area (Å²) in [6, 6.07) is 18.4. The number of aromatic hydroxyl groups is 1. The number of carbonyl (C=O) groups is 1. The summed E-state index contributed by atoms with van der Waals surface area (Å²) in [7, 11) is 3.98. The number of ether oxygens (including phenoxy) is 1. The van der Waals surface area contributed by atoms with Gasteiger partial charge in [0.25, 0.3) is 0 Å². The zero-order valence-corrected chi connectivity index (χ0v) is 20.8. The molecule has 2 aromatic rings. The van der Waals surface area contributed by atoms with Crippen LogP contribution in [-0.2, 0) is 21.4 Å². The summed E-state index contributed by atoms with van der Waals surface area (Å²) in [5, 5.41) is 13.6. The van der Waals surface area contributed by atoms with Crippen molar-refractivity contribution in [3.05, 3.63) is 65.7 Å². The summed E-state index contributed by atoms with van der Waals surface area (Å²) >= 11 is 0. The Kier molecular flexibility index (Phi) is 7.95. The van der Waals surface area contributed by atoms with E-state index in [-0.39, 0.29) is 28.7 Å². The highest BCUT2D eigenvalue weighted by atomic mass is 16.5. The summed E-state index contributed by atoms with van der Waals surface area (Å²) in [5.41, 5.74) is 1.96. The maximum absolute atomic E-state index is 12.8. The Balaban J connectivity index is 1.37. The minimum atomic E-state index is -0.313. The van der Waals surface area contributed by atoms with Crippen LogP contribution in [0, 0.1) is 0 Å². The van der Waals surface area contributed by atoms with E-state index in [2.05, 4.69) is 47.6 Å². The van der Waals surface area contributed by atoms with Gasteiger partial charge in [-0.05, 0) is 81.8 Å². The normalized spacial score (nSPS) is 27.2. The second kappa shape index (κ2) is 10.9. The summed E-state index contributed by atoms with van der Waals surface area (Å²) in [5.74, 6) is 0.450. The van der Waals surface area contributed by atoms with Gasteiger partial charge < -0.3 is 20.1 Å².